The largest absolute Gasteiger partial charge is 0.465 e. The average molecular weight is 284 g/mol. The third-order valence-corrected chi connectivity index (χ3v) is 4.59. The molecule has 0 spiro atoms. The summed E-state index contributed by atoms with van der Waals surface area (Å²) in [6.45, 7) is 9.28. The second-order valence-corrected chi connectivity index (χ2v) is 6.24. The van der Waals surface area contributed by atoms with Crippen molar-refractivity contribution in [2.75, 3.05) is 20.2 Å². The zero-order valence-electron chi connectivity index (χ0n) is 13.9. The van der Waals surface area contributed by atoms with Crippen molar-refractivity contribution >= 4 is 5.97 Å². The lowest BCUT2D eigenvalue weighted by Gasteiger charge is -2.37. The van der Waals surface area contributed by atoms with Gasteiger partial charge in [-0.25, -0.2) is 0 Å². The SMILES string of the molecule is CCNC(C)(CC(C)N(C)C1CCCC1)C(=O)OCC. The molecule has 1 aliphatic rings. The van der Waals surface area contributed by atoms with E-state index >= 15 is 0 Å². The van der Waals surface area contributed by atoms with Gasteiger partial charge in [-0.05, 0) is 53.6 Å². The Kier molecular flexibility index (Phi) is 6.96. The van der Waals surface area contributed by atoms with Gasteiger partial charge in [-0.2, -0.15) is 0 Å². The van der Waals surface area contributed by atoms with Crippen LogP contribution in [0.5, 0.6) is 0 Å². The molecule has 0 bridgehead atoms. The van der Waals surface area contributed by atoms with Crippen molar-refractivity contribution in [3.63, 3.8) is 0 Å². The first-order valence-electron chi connectivity index (χ1n) is 8.08. The van der Waals surface area contributed by atoms with Crippen molar-refractivity contribution in [2.45, 2.75) is 77.4 Å². The van der Waals surface area contributed by atoms with Gasteiger partial charge in [0.25, 0.3) is 0 Å². The van der Waals surface area contributed by atoms with Crippen LogP contribution in [0.2, 0.25) is 0 Å². The van der Waals surface area contributed by atoms with Crippen molar-refractivity contribution in [1.82, 2.24) is 10.2 Å². The van der Waals surface area contributed by atoms with Gasteiger partial charge in [-0.3, -0.25) is 4.79 Å². The van der Waals surface area contributed by atoms with Gasteiger partial charge in [0.15, 0.2) is 0 Å². The van der Waals surface area contributed by atoms with Crippen LogP contribution in [0.25, 0.3) is 0 Å². The van der Waals surface area contributed by atoms with E-state index in [-0.39, 0.29) is 5.97 Å². The Morgan fingerprint density at radius 2 is 2.00 bits per heavy atom. The van der Waals surface area contributed by atoms with Crippen LogP contribution in [-0.2, 0) is 9.53 Å². The molecule has 1 aliphatic carbocycles. The number of esters is 1. The molecule has 20 heavy (non-hydrogen) atoms. The highest BCUT2D eigenvalue weighted by Crippen LogP contribution is 2.26. The Morgan fingerprint density at radius 1 is 1.40 bits per heavy atom. The number of carbonyl (C=O) groups is 1. The van der Waals surface area contributed by atoms with Gasteiger partial charge in [0.2, 0.25) is 0 Å². The van der Waals surface area contributed by atoms with Crippen LogP contribution in [0.1, 0.15) is 59.8 Å². The fourth-order valence-electron chi connectivity index (χ4n) is 3.31. The minimum atomic E-state index is -0.586. The molecule has 4 heteroatoms. The first kappa shape index (κ1) is 17.4. The van der Waals surface area contributed by atoms with Gasteiger partial charge in [0, 0.05) is 12.1 Å². The lowest BCUT2D eigenvalue weighted by molar-refractivity contribution is -0.151. The summed E-state index contributed by atoms with van der Waals surface area (Å²) in [4.78, 5) is 14.7. The lowest BCUT2D eigenvalue weighted by atomic mass is 9.92. The third-order valence-electron chi connectivity index (χ3n) is 4.59. The lowest BCUT2D eigenvalue weighted by Crippen LogP contribution is -2.54. The molecule has 0 aromatic carbocycles. The summed E-state index contributed by atoms with van der Waals surface area (Å²) in [5.41, 5.74) is -0.586. The van der Waals surface area contributed by atoms with E-state index < -0.39 is 5.54 Å². The van der Waals surface area contributed by atoms with Crippen LogP contribution >= 0.6 is 0 Å². The van der Waals surface area contributed by atoms with Crippen LogP contribution in [-0.4, -0.2) is 48.7 Å². The number of ether oxygens (including phenoxy) is 1. The molecule has 0 heterocycles. The fourth-order valence-corrected chi connectivity index (χ4v) is 3.31. The number of hydrogen-bond donors (Lipinski definition) is 1. The Balaban J connectivity index is 2.65. The van der Waals surface area contributed by atoms with Crippen LogP contribution in [0.3, 0.4) is 0 Å². The Hall–Kier alpha value is -0.610. The molecule has 0 aliphatic heterocycles. The summed E-state index contributed by atoms with van der Waals surface area (Å²) in [5.74, 6) is -0.131. The topological polar surface area (TPSA) is 41.6 Å². The Bertz CT molecular complexity index is 303. The van der Waals surface area contributed by atoms with Crippen LogP contribution in [0.15, 0.2) is 0 Å². The monoisotopic (exact) mass is 284 g/mol. The van der Waals surface area contributed by atoms with E-state index in [9.17, 15) is 4.79 Å². The number of carbonyl (C=O) groups excluding carboxylic acids is 1. The molecular weight excluding hydrogens is 252 g/mol. The normalized spacial score (nSPS) is 20.9. The minimum Gasteiger partial charge on any atom is -0.465 e. The van der Waals surface area contributed by atoms with E-state index in [1.807, 2.05) is 20.8 Å². The van der Waals surface area contributed by atoms with Gasteiger partial charge in [-0.1, -0.05) is 19.8 Å². The molecule has 2 atom stereocenters. The van der Waals surface area contributed by atoms with Gasteiger partial charge >= 0.3 is 5.97 Å². The highest BCUT2D eigenvalue weighted by Gasteiger charge is 2.37. The smallest absolute Gasteiger partial charge is 0.326 e. The molecular formula is C16H32N2O2. The summed E-state index contributed by atoms with van der Waals surface area (Å²) in [6, 6.07) is 1.05. The van der Waals surface area contributed by atoms with Gasteiger partial charge < -0.3 is 15.0 Å². The first-order valence-corrected chi connectivity index (χ1v) is 8.08. The maximum Gasteiger partial charge on any atom is 0.326 e. The summed E-state index contributed by atoms with van der Waals surface area (Å²) in [6.07, 6.45) is 6.04. The second-order valence-electron chi connectivity index (χ2n) is 6.24. The van der Waals surface area contributed by atoms with E-state index in [4.69, 9.17) is 4.74 Å². The van der Waals surface area contributed by atoms with Crippen molar-refractivity contribution < 1.29 is 9.53 Å². The molecule has 4 nitrogen and oxygen atoms in total. The zero-order chi connectivity index (χ0) is 15.2. The molecule has 0 aromatic heterocycles. The minimum absolute atomic E-state index is 0.131. The number of nitrogens with zero attached hydrogens (tertiary/aromatic N) is 1. The predicted octanol–water partition coefficient (Wildman–Crippen LogP) is 2.57. The van der Waals surface area contributed by atoms with Crippen LogP contribution < -0.4 is 5.32 Å². The fraction of sp³-hybridized carbons (Fsp3) is 0.938. The maximum atomic E-state index is 12.2. The predicted molar refractivity (Wildman–Crippen MR) is 82.8 cm³/mol. The molecule has 1 N–H and O–H groups in total. The molecule has 118 valence electrons. The van der Waals surface area contributed by atoms with Gasteiger partial charge in [0.1, 0.15) is 5.54 Å². The average Bonchev–Trinajstić information content (AvgIpc) is 2.92. The van der Waals surface area contributed by atoms with Crippen LogP contribution in [0, 0.1) is 0 Å². The highest BCUT2D eigenvalue weighted by atomic mass is 16.5. The molecule has 2 unspecified atom stereocenters. The number of rotatable bonds is 8. The number of hydrogen-bond acceptors (Lipinski definition) is 4. The van der Waals surface area contributed by atoms with Crippen molar-refractivity contribution in [1.29, 1.82) is 0 Å². The zero-order valence-corrected chi connectivity index (χ0v) is 13.9. The highest BCUT2D eigenvalue weighted by molar-refractivity contribution is 5.80. The van der Waals surface area contributed by atoms with E-state index in [2.05, 4.69) is 24.2 Å². The van der Waals surface area contributed by atoms with Crippen molar-refractivity contribution in [3.8, 4) is 0 Å². The molecule has 0 radical (unpaired) electrons. The van der Waals surface area contributed by atoms with Crippen molar-refractivity contribution in [3.05, 3.63) is 0 Å². The van der Waals surface area contributed by atoms with Crippen molar-refractivity contribution in [2.24, 2.45) is 0 Å². The number of nitrogens with one attached hydrogen (secondary N) is 1. The van der Waals surface area contributed by atoms with E-state index in [1.54, 1.807) is 0 Å². The Morgan fingerprint density at radius 3 is 2.50 bits per heavy atom. The Labute approximate surface area is 124 Å². The van der Waals surface area contributed by atoms with Crippen LogP contribution in [0.4, 0.5) is 0 Å². The second kappa shape index (κ2) is 7.99. The van der Waals surface area contributed by atoms with Gasteiger partial charge in [-0.15, -0.1) is 0 Å². The summed E-state index contributed by atoms with van der Waals surface area (Å²) < 4.78 is 5.25. The summed E-state index contributed by atoms with van der Waals surface area (Å²) in [7, 11) is 2.19. The molecule has 0 amide bonds. The quantitative estimate of drug-likeness (QED) is 0.696. The molecule has 0 saturated heterocycles. The third kappa shape index (κ3) is 4.45. The molecule has 1 rings (SSSR count). The van der Waals surface area contributed by atoms with E-state index in [1.165, 1.54) is 25.7 Å². The van der Waals surface area contributed by atoms with Gasteiger partial charge in [0.05, 0.1) is 6.61 Å². The summed E-state index contributed by atoms with van der Waals surface area (Å²) in [5, 5.41) is 3.32. The molecule has 1 fully saturated rings. The van der Waals surface area contributed by atoms with E-state index in [0.29, 0.717) is 18.7 Å². The summed E-state index contributed by atoms with van der Waals surface area (Å²) >= 11 is 0. The standard InChI is InChI=1S/C16H32N2O2/c1-6-17-16(4,15(19)20-7-2)12-13(3)18(5)14-10-8-9-11-14/h13-14,17H,6-12H2,1-5H3. The van der Waals surface area contributed by atoms with E-state index in [0.717, 1.165) is 13.0 Å². The molecule has 0 aromatic rings. The maximum absolute atomic E-state index is 12.2. The number of likely N-dealkylation sites (N-methyl/N-ethyl adjacent to an activating group) is 1. The molecule has 1 saturated carbocycles. The first-order chi connectivity index (χ1) is 9.44.